The Morgan fingerprint density at radius 2 is 1.91 bits per heavy atom. The van der Waals surface area contributed by atoms with Crippen LogP contribution in [0.25, 0.3) is 0 Å². The van der Waals surface area contributed by atoms with Crippen molar-refractivity contribution >= 4 is 5.69 Å². The third-order valence-electron chi connectivity index (χ3n) is 1.50. The first kappa shape index (κ1) is 7.92. The highest BCUT2D eigenvalue weighted by molar-refractivity contribution is 5.57. The van der Waals surface area contributed by atoms with Crippen molar-refractivity contribution in [2.24, 2.45) is 0 Å². The van der Waals surface area contributed by atoms with Gasteiger partial charge in [-0.2, -0.15) is 0 Å². The summed E-state index contributed by atoms with van der Waals surface area (Å²) in [7, 11) is 7.31. The zero-order chi connectivity index (χ0) is 8.27. The van der Waals surface area contributed by atoms with Gasteiger partial charge in [-0.25, -0.2) is 0 Å². The lowest BCUT2D eigenvalue weighted by Gasteiger charge is -2.15. The molecule has 0 saturated heterocycles. The quantitative estimate of drug-likeness (QED) is 0.638. The van der Waals surface area contributed by atoms with Crippen LogP contribution in [0.4, 0.5) is 5.69 Å². The Labute approximate surface area is 67.4 Å². The Bertz CT molecular complexity index is 233. The maximum atomic E-state index is 4.91. The molecule has 0 aliphatic carbocycles. The van der Waals surface area contributed by atoms with Crippen molar-refractivity contribution in [1.82, 2.24) is 0 Å². The Hall–Kier alpha value is -1.18. The molecule has 0 saturated carbocycles. The summed E-state index contributed by atoms with van der Waals surface area (Å²) in [6.07, 6.45) is 0. The van der Waals surface area contributed by atoms with E-state index >= 15 is 0 Å². The summed E-state index contributed by atoms with van der Waals surface area (Å²) in [5.74, 6) is 0.803. The normalized spacial score (nSPS) is 9.36. The third kappa shape index (κ3) is 1.64. The summed E-state index contributed by atoms with van der Waals surface area (Å²) >= 11 is 0. The predicted molar refractivity (Wildman–Crippen MR) is 46.8 cm³/mol. The molecule has 0 aliphatic heterocycles. The first-order valence-electron chi connectivity index (χ1n) is 3.44. The molecular weight excluding hydrogens is 138 g/mol. The average Bonchev–Trinajstić information content (AvgIpc) is 2.04. The van der Waals surface area contributed by atoms with Gasteiger partial charge in [-0.05, 0) is 12.1 Å². The molecule has 0 aliphatic rings. The van der Waals surface area contributed by atoms with Gasteiger partial charge in [0, 0.05) is 14.1 Å². The second-order valence-electron chi connectivity index (χ2n) is 2.51. The van der Waals surface area contributed by atoms with E-state index in [0.29, 0.717) is 0 Å². The lowest BCUT2D eigenvalue weighted by Crippen LogP contribution is -2.09. The third-order valence-corrected chi connectivity index (χ3v) is 1.50. The summed E-state index contributed by atoms with van der Waals surface area (Å²) in [6.45, 7) is 0. The number of benzene rings is 1. The van der Waals surface area contributed by atoms with Crippen LogP contribution in [0, 0.1) is 7.11 Å². The maximum absolute atomic E-state index is 4.91. The van der Waals surface area contributed by atoms with Gasteiger partial charge in [0.15, 0.2) is 0 Å². The number of nitrogens with zero attached hydrogens (tertiary/aromatic N) is 1. The molecule has 0 spiro atoms. The fourth-order valence-electron chi connectivity index (χ4n) is 0.949. The fraction of sp³-hybridized carbons (Fsp3) is 0.222. The van der Waals surface area contributed by atoms with Crippen LogP contribution in [-0.4, -0.2) is 14.1 Å². The molecule has 0 bridgehead atoms. The molecule has 1 aromatic carbocycles. The monoisotopic (exact) mass is 150 g/mol. The minimum absolute atomic E-state index is 0.803. The number of hydrogen-bond donors (Lipinski definition) is 0. The molecule has 2 heteroatoms. The maximum Gasteiger partial charge on any atom is 0.142 e. The van der Waals surface area contributed by atoms with E-state index < -0.39 is 0 Å². The molecule has 0 amide bonds. The van der Waals surface area contributed by atoms with Crippen LogP contribution in [0.3, 0.4) is 0 Å². The molecule has 2 nitrogen and oxygen atoms in total. The molecule has 1 aromatic rings. The van der Waals surface area contributed by atoms with E-state index in [-0.39, 0.29) is 0 Å². The van der Waals surface area contributed by atoms with Crippen molar-refractivity contribution in [2.75, 3.05) is 19.0 Å². The molecule has 59 valence electrons. The van der Waals surface area contributed by atoms with E-state index in [1.807, 2.05) is 43.3 Å². The fourth-order valence-corrected chi connectivity index (χ4v) is 0.949. The lowest BCUT2D eigenvalue weighted by atomic mass is 10.3. The highest BCUT2D eigenvalue weighted by atomic mass is 16.5. The number of para-hydroxylation sites is 2. The van der Waals surface area contributed by atoms with Crippen LogP contribution in [0.1, 0.15) is 0 Å². The molecule has 0 atom stereocenters. The van der Waals surface area contributed by atoms with Crippen LogP contribution in [0.15, 0.2) is 24.3 Å². The van der Waals surface area contributed by atoms with Crippen molar-refractivity contribution in [3.8, 4) is 5.75 Å². The van der Waals surface area contributed by atoms with Gasteiger partial charge in [0.05, 0.1) is 5.69 Å². The van der Waals surface area contributed by atoms with E-state index in [4.69, 9.17) is 4.74 Å². The summed E-state index contributed by atoms with van der Waals surface area (Å²) in [5.41, 5.74) is 1.04. The first-order valence-corrected chi connectivity index (χ1v) is 3.44. The smallest absolute Gasteiger partial charge is 0.142 e. The van der Waals surface area contributed by atoms with Crippen molar-refractivity contribution in [1.29, 1.82) is 0 Å². The molecule has 1 radical (unpaired) electrons. The number of rotatable bonds is 2. The van der Waals surface area contributed by atoms with Crippen molar-refractivity contribution in [3.63, 3.8) is 0 Å². The predicted octanol–water partition coefficient (Wildman–Crippen LogP) is 1.92. The highest BCUT2D eigenvalue weighted by Crippen LogP contribution is 2.25. The SMILES string of the molecule is [CH2]Oc1ccccc1N(C)C. The minimum Gasteiger partial charge on any atom is -0.488 e. The summed E-state index contributed by atoms with van der Waals surface area (Å²) in [6, 6.07) is 7.77. The summed E-state index contributed by atoms with van der Waals surface area (Å²) in [4.78, 5) is 1.99. The zero-order valence-electron chi connectivity index (χ0n) is 6.87. The molecule has 0 aromatic heterocycles. The second kappa shape index (κ2) is 3.28. The van der Waals surface area contributed by atoms with E-state index in [9.17, 15) is 0 Å². The molecule has 1 rings (SSSR count). The van der Waals surface area contributed by atoms with Gasteiger partial charge in [-0.1, -0.05) is 12.1 Å². The Morgan fingerprint density at radius 3 is 2.36 bits per heavy atom. The van der Waals surface area contributed by atoms with Gasteiger partial charge >= 0.3 is 0 Å². The standard InChI is InChI=1S/C9H12NO/c1-10(2)8-6-4-5-7-9(8)11-3/h4-7H,3H2,1-2H3. The van der Waals surface area contributed by atoms with Crippen LogP contribution in [0.2, 0.25) is 0 Å². The van der Waals surface area contributed by atoms with Gasteiger partial charge in [-0.3, -0.25) is 0 Å². The first-order chi connectivity index (χ1) is 5.25. The number of anilines is 1. The van der Waals surface area contributed by atoms with Crippen LogP contribution in [0.5, 0.6) is 5.75 Å². The minimum atomic E-state index is 0.803. The largest absolute Gasteiger partial charge is 0.488 e. The van der Waals surface area contributed by atoms with Crippen LogP contribution in [-0.2, 0) is 0 Å². The molecule has 0 unspecified atom stereocenters. The van der Waals surface area contributed by atoms with Gasteiger partial charge in [0.1, 0.15) is 12.9 Å². The van der Waals surface area contributed by atoms with Crippen molar-refractivity contribution in [2.45, 2.75) is 0 Å². The lowest BCUT2D eigenvalue weighted by molar-refractivity contribution is 0.473. The molecule has 0 N–H and O–H groups in total. The van der Waals surface area contributed by atoms with Crippen molar-refractivity contribution in [3.05, 3.63) is 31.4 Å². The van der Waals surface area contributed by atoms with Crippen LogP contribution < -0.4 is 9.64 Å². The highest BCUT2D eigenvalue weighted by Gasteiger charge is 2.00. The summed E-state index contributed by atoms with van der Waals surface area (Å²) < 4.78 is 4.91. The van der Waals surface area contributed by atoms with Gasteiger partial charge in [-0.15, -0.1) is 0 Å². The van der Waals surface area contributed by atoms with E-state index in [0.717, 1.165) is 11.4 Å². The number of hydrogen-bond acceptors (Lipinski definition) is 2. The summed E-state index contributed by atoms with van der Waals surface area (Å²) in [5, 5.41) is 0. The average molecular weight is 150 g/mol. The molecule has 0 heterocycles. The molecule has 11 heavy (non-hydrogen) atoms. The van der Waals surface area contributed by atoms with Gasteiger partial charge in [0.25, 0.3) is 0 Å². The van der Waals surface area contributed by atoms with Crippen LogP contribution >= 0.6 is 0 Å². The van der Waals surface area contributed by atoms with Crippen molar-refractivity contribution < 1.29 is 4.74 Å². The topological polar surface area (TPSA) is 12.5 Å². The molecular formula is C9H12NO. The molecule has 0 fully saturated rings. The zero-order valence-corrected chi connectivity index (χ0v) is 6.87. The Balaban J connectivity index is 3.02. The Kier molecular flexibility index (Phi) is 2.36. The second-order valence-corrected chi connectivity index (χ2v) is 2.51. The van der Waals surface area contributed by atoms with Gasteiger partial charge in [0.2, 0.25) is 0 Å². The van der Waals surface area contributed by atoms with E-state index in [2.05, 4.69) is 7.11 Å². The van der Waals surface area contributed by atoms with Gasteiger partial charge < -0.3 is 9.64 Å². The number of ether oxygens (including phenoxy) is 1. The Morgan fingerprint density at radius 1 is 1.27 bits per heavy atom. The van der Waals surface area contributed by atoms with E-state index in [1.165, 1.54) is 0 Å². The van der Waals surface area contributed by atoms with E-state index in [1.54, 1.807) is 0 Å².